The van der Waals surface area contributed by atoms with Crippen LogP contribution < -0.4 is 0 Å². The Hall–Kier alpha value is -2.66. The highest BCUT2D eigenvalue weighted by Gasteiger charge is 2.43. The molecule has 1 amide bonds. The number of piperidine rings is 1. The fourth-order valence-electron chi connectivity index (χ4n) is 4.09. The van der Waals surface area contributed by atoms with Crippen molar-refractivity contribution in [3.8, 4) is 0 Å². The van der Waals surface area contributed by atoms with E-state index in [1.54, 1.807) is 0 Å². The first kappa shape index (κ1) is 12.3. The second kappa shape index (κ2) is 10.3. The number of likely N-dealkylation sites (N-methyl/N-ethyl adjacent to an activating group) is 1. The van der Waals surface area contributed by atoms with Gasteiger partial charge in [0.25, 0.3) is 0 Å². The van der Waals surface area contributed by atoms with E-state index in [2.05, 4.69) is 0 Å². The van der Waals surface area contributed by atoms with Crippen molar-refractivity contribution in [3.05, 3.63) is 107 Å². The molecule has 0 bridgehead atoms. The van der Waals surface area contributed by atoms with Crippen LogP contribution in [0.2, 0.25) is 5.02 Å². The lowest BCUT2D eigenvalue weighted by molar-refractivity contribution is -0.133. The van der Waals surface area contributed by atoms with E-state index >= 15 is 0 Å². The normalized spacial score (nSPS) is 23.8. The maximum Gasteiger partial charge on any atom is 0.237 e. The van der Waals surface area contributed by atoms with Gasteiger partial charge < -0.3 is 14.9 Å². The van der Waals surface area contributed by atoms with Gasteiger partial charge in [-0.1, -0.05) is 84.3 Å². The van der Waals surface area contributed by atoms with E-state index < -0.39 is 98.9 Å². The van der Waals surface area contributed by atoms with Crippen LogP contribution in [0.3, 0.4) is 0 Å². The lowest BCUT2D eigenvalue weighted by Crippen LogP contribution is -2.48. The van der Waals surface area contributed by atoms with Gasteiger partial charge in [0.2, 0.25) is 5.91 Å². The van der Waals surface area contributed by atoms with E-state index in [1.807, 2.05) is 0 Å². The van der Waals surface area contributed by atoms with E-state index in [9.17, 15) is 15.4 Å². The molecule has 4 nitrogen and oxygen atoms in total. The summed E-state index contributed by atoms with van der Waals surface area (Å²) in [4.78, 5) is 15.4. The van der Waals surface area contributed by atoms with Crippen LogP contribution in [-0.2, 0) is 15.8 Å². The molecule has 1 heterocycles. The number of carbonyl (C=O) groups is 1. The summed E-state index contributed by atoms with van der Waals surface area (Å²) >= 11 is 5.93. The Morgan fingerprint density at radius 2 is 1.59 bits per heavy atom. The van der Waals surface area contributed by atoms with E-state index in [-0.39, 0.29) is 21.6 Å². The van der Waals surface area contributed by atoms with Crippen molar-refractivity contribution in [2.24, 2.45) is 0 Å². The number of carbonyl (C=O) groups excluding carboxylic acids is 1. The molecule has 1 fully saturated rings. The third kappa shape index (κ3) is 4.90. The monoisotopic (exact) mass is 490 g/mol. The first-order valence-electron chi connectivity index (χ1n) is 17.7. The SMILES string of the molecule is [2H]c1c([2H])c(C2(O)CCN(C([2H])([2H])C([2H])([2H])C(C(=O)N(C([2H])([2H])[2H])C([2H])([2H])[2H])(c3ccccc3)c3ccccc3)CC2)c([2H])c([2H])c1Cl. The Labute approximate surface area is 227 Å². The van der Waals surface area contributed by atoms with Crippen molar-refractivity contribution < 1.29 is 29.1 Å². The standard InChI is InChI=1S/C29H33ClN2O2/c1-31(2)27(33)29(24-9-5-3-6-10-24,25-11-7-4-8-12-25)19-22-32-20-17-28(34,18-21-32)23-13-15-26(30)16-14-23/h3-16,34H,17-22H2,1-2H3/i1D3,2D3,13D,14D,15D,16D,19D2,22D2. The Bertz CT molecular complexity index is 1580. The minimum Gasteiger partial charge on any atom is -0.385 e. The van der Waals surface area contributed by atoms with Crippen LogP contribution in [0.1, 0.15) is 55.1 Å². The lowest BCUT2D eigenvalue weighted by Gasteiger charge is -2.41. The first-order valence-corrected chi connectivity index (χ1v) is 11.1. The van der Waals surface area contributed by atoms with Crippen molar-refractivity contribution in [2.75, 3.05) is 33.5 Å². The highest BCUT2D eigenvalue weighted by atomic mass is 35.5. The molecule has 1 saturated heterocycles. The van der Waals surface area contributed by atoms with Gasteiger partial charge in [-0.3, -0.25) is 4.79 Å². The number of halogens is 1. The topological polar surface area (TPSA) is 43.8 Å². The van der Waals surface area contributed by atoms with Crippen molar-refractivity contribution in [1.82, 2.24) is 9.80 Å². The van der Waals surface area contributed by atoms with Gasteiger partial charge in [-0.2, -0.15) is 0 Å². The fourth-order valence-corrected chi connectivity index (χ4v) is 4.18. The summed E-state index contributed by atoms with van der Waals surface area (Å²) in [5.74, 6) is -1.73. The van der Waals surface area contributed by atoms with E-state index in [4.69, 9.17) is 25.3 Å². The molecule has 178 valence electrons. The fraction of sp³-hybridized carbons (Fsp3) is 0.345. The summed E-state index contributed by atoms with van der Waals surface area (Å²) in [6.07, 6.45) is -4.22. The molecule has 0 unspecified atom stereocenters. The predicted octanol–water partition coefficient (Wildman–Crippen LogP) is 5.09. The Kier molecular flexibility index (Phi) is 3.74. The van der Waals surface area contributed by atoms with Gasteiger partial charge in [0.05, 0.1) is 11.1 Å². The van der Waals surface area contributed by atoms with Crippen LogP contribution in [0, 0.1) is 0 Å². The van der Waals surface area contributed by atoms with Gasteiger partial charge in [0, 0.05) is 45.8 Å². The van der Waals surface area contributed by atoms with Gasteiger partial charge >= 0.3 is 0 Å². The molecular weight excluding hydrogens is 444 g/mol. The number of likely N-dealkylation sites (tertiary alicyclic amines) is 1. The molecule has 0 saturated carbocycles. The van der Waals surface area contributed by atoms with Crippen molar-refractivity contribution in [3.63, 3.8) is 0 Å². The molecular formula is C29H33ClN2O2. The number of aliphatic hydroxyl groups is 1. The highest BCUT2D eigenvalue weighted by molar-refractivity contribution is 6.30. The molecule has 1 aliphatic heterocycles. The van der Waals surface area contributed by atoms with E-state index in [1.165, 1.54) is 60.7 Å². The smallest absolute Gasteiger partial charge is 0.237 e. The molecule has 0 aromatic heterocycles. The highest BCUT2D eigenvalue weighted by Crippen LogP contribution is 2.39. The molecule has 0 spiro atoms. The summed E-state index contributed by atoms with van der Waals surface area (Å²) in [5, 5.41) is 11.2. The first-order chi connectivity index (χ1) is 22.0. The van der Waals surface area contributed by atoms with Crippen LogP contribution in [0.5, 0.6) is 0 Å². The van der Waals surface area contributed by atoms with Crippen LogP contribution in [0.15, 0.2) is 84.8 Å². The van der Waals surface area contributed by atoms with Gasteiger partial charge in [-0.25, -0.2) is 0 Å². The van der Waals surface area contributed by atoms with Crippen molar-refractivity contribution in [1.29, 1.82) is 0 Å². The maximum atomic E-state index is 14.7. The summed E-state index contributed by atoms with van der Waals surface area (Å²) in [6.45, 7) is -11.2. The van der Waals surface area contributed by atoms with Gasteiger partial charge in [0.1, 0.15) is 5.41 Å². The summed E-state index contributed by atoms with van der Waals surface area (Å²) in [7, 11) is 0. The van der Waals surface area contributed by atoms with Gasteiger partial charge in [0.15, 0.2) is 0 Å². The van der Waals surface area contributed by atoms with Crippen molar-refractivity contribution in [2.45, 2.75) is 30.2 Å². The second-order valence-corrected chi connectivity index (χ2v) is 8.44. The Morgan fingerprint density at radius 3 is 2.09 bits per heavy atom. The molecule has 1 N–H and O–H groups in total. The minimum absolute atomic E-state index is 0.216. The zero-order chi connectivity index (χ0) is 36.3. The largest absolute Gasteiger partial charge is 0.385 e. The molecule has 4 rings (SSSR count). The van der Waals surface area contributed by atoms with Crippen molar-refractivity contribution >= 4 is 17.5 Å². The summed E-state index contributed by atoms with van der Waals surface area (Å²) < 4.78 is 118. The molecule has 5 heteroatoms. The number of hydrogen-bond acceptors (Lipinski definition) is 3. The maximum absolute atomic E-state index is 14.7. The van der Waals surface area contributed by atoms with Crippen LogP contribution in [0.25, 0.3) is 0 Å². The van der Waals surface area contributed by atoms with Gasteiger partial charge in [-0.05, 0) is 54.5 Å². The molecule has 34 heavy (non-hydrogen) atoms. The van der Waals surface area contributed by atoms with Crippen LogP contribution in [0.4, 0.5) is 0 Å². The summed E-state index contributed by atoms with van der Waals surface area (Å²) in [5.41, 5.74) is -5.70. The average molecular weight is 491 g/mol. The molecule has 0 atom stereocenters. The van der Waals surface area contributed by atoms with Gasteiger partial charge in [-0.15, -0.1) is 0 Å². The molecule has 3 aromatic carbocycles. The molecule has 0 radical (unpaired) electrons. The molecule has 0 aliphatic carbocycles. The average Bonchev–Trinajstić information content (AvgIpc) is 2.99. The zero-order valence-corrected chi connectivity index (χ0v) is 19.0. The number of rotatable bonds is 7. The summed E-state index contributed by atoms with van der Waals surface area (Å²) in [6, 6.07) is 11.6. The number of nitrogens with zero attached hydrogens (tertiary/aromatic N) is 2. The van der Waals surface area contributed by atoms with E-state index in [0.717, 1.165) is 4.90 Å². The van der Waals surface area contributed by atoms with Crippen LogP contribution >= 0.6 is 11.6 Å². The number of amides is 1. The molecule has 1 aliphatic rings. The second-order valence-electron chi connectivity index (χ2n) is 8.07. The van der Waals surface area contributed by atoms with E-state index in [0.29, 0.717) is 0 Å². The number of hydrogen-bond donors (Lipinski definition) is 1. The predicted molar refractivity (Wildman–Crippen MR) is 138 cm³/mol. The van der Waals surface area contributed by atoms with Crippen LogP contribution in [-0.4, -0.2) is 54.4 Å². The quantitative estimate of drug-likeness (QED) is 0.501. The third-order valence-corrected chi connectivity index (χ3v) is 6.18. The lowest BCUT2D eigenvalue weighted by atomic mass is 9.70. The third-order valence-electron chi connectivity index (χ3n) is 5.99. The zero-order valence-electron chi connectivity index (χ0n) is 32.2. The molecule has 3 aromatic rings. The Morgan fingerprint density at radius 1 is 1.06 bits per heavy atom. The minimum atomic E-state index is -3.60. The Balaban J connectivity index is 1.92. The number of benzene rings is 3.